The summed E-state index contributed by atoms with van der Waals surface area (Å²) >= 11 is 1.63. The van der Waals surface area contributed by atoms with Crippen molar-refractivity contribution in [1.82, 2.24) is 5.32 Å². The van der Waals surface area contributed by atoms with Gasteiger partial charge in [0.15, 0.2) is 0 Å². The lowest BCUT2D eigenvalue weighted by atomic mass is 10.0. The lowest BCUT2D eigenvalue weighted by Crippen LogP contribution is -2.41. The van der Waals surface area contributed by atoms with E-state index < -0.39 is 12.0 Å². The van der Waals surface area contributed by atoms with E-state index in [1.165, 1.54) is 16.0 Å². The quantitative estimate of drug-likeness (QED) is 0.720. The van der Waals surface area contributed by atoms with Crippen LogP contribution in [0.2, 0.25) is 0 Å². The number of thioether (sulfide) groups is 1. The van der Waals surface area contributed by atoms with Crippen molar-refractivity contribution in [2.75, 3.05) is 5.75 Å². The Morgan fingerprint density at radius 2 is 1.95 bits per heavy atom. The molecule has 2 N–H and O–H groups in total. The van der Waals surface area contributed by atoms with E-state index in [2.05, 4.69) is 23.5 Å². The van der Waals surface area contributed by atoms with E-state index in [0.29, 0.717) is 18.6 Å². The van der Waals surface area contributed by atoms with Crippen molar-refractivity contribution in [3.05, 3.63) is 29.3 Å². The summed E-state index contributed by atoms with van der Waals surface area (Å²) in [5, 5.41) is 11.7. The molecule has 0 aromatic heterocycles. The van der Waals surface area contributed by atoms with E-state index in [1.807, 2.05) is 27.7 Å². The fourth-order valence-electron chi connectivity index (χ4n) is 2.08. The number of aryl methyl sites for hydroxylation is 2. The number of amides is 1. The van der Waals surface area contributed by atoms with Crippen LogP contribution in [-0.2, 0) is 9.59 Å². The normalized spacial score (nSPS) is 12.2. The van der Waals surface area contributed by atoms with Crippen LogP contribution in [0.5, 0.6) is 0 Å². The zero-order valence-corrected chi connectivity index (χ0v) is 14.5. The van der Waals surface area contributed by atoms with Crippen LogP contribution in [-0.4, -0.2) is 28.8 Å². The fourth-order valence-corrected chi connectivity index (χ4v) is 3.15. The van der Waals surface area contributed by atoms with Crippen LogP contribution in [0.3, 0.4) is 0 Å². The number of aliphatic carboxylic acids is 1. The number of hydrogen-bond acceptors (Lipinski definition) is 3. The molecule has 1 unspecified atom stereocenters. The average molecular weight is 323 g/mol. The maximum Gasteiger partial charge on any atom is 0.326 e. The van der Waals surface area contributed by atoms with E-state index >= 15 is 0 Å². The van der Waals surface area contributed by atoms with Gasteiger partial charge in [0.1, 0.15) is 6.04 Å². The van der Waals surface area contributed by atoms with Crippen molar-refractivity contribution in [2.45, 2.75) is 51.5 Å². The van der Waals surface area contributed by atoms with Crippen LogP contribution < -0.4 is 5.32 Å². The molecule has 1 aromatic carbocycles. The standard InChI is InChI=1S/C17H25NO3S/c1-11(2)9-14(17(20)21)18-16(19)7-8-22-15-10-12(3)5-6-13(15)4/h5-6,10-11,14H,7-9H2,1-4H3,(H,18,19)(H,20,21). The molecule has 0 aliphatic heterocycles. The molecule has 4 nitrogen and oxygen atoms in total. The molecule has 0 heterocycles. The largest absolute Gasteiger partial charge is 0.480 e. The number of carboxylic acids is 1. The molecular formula is C17H25NO3S. The second kappa shape index (κ2) is 8.83. The van der Waals surface area contributed by atoms with E-state index in [0.717, 1.165) is 0 Å². The molecule has 22 heavy (non-hydrogen) atoms. The molecule has 1 amide bonds. The molecule has 5 heteroatoms. The third kappa shape index (κ3) is 6.52. The molecule has 0 aliphatic rings. The molecule has 1 aromatic rings. The molecule has 0 radical (unpaired) electrons. The molecule has 1 atom stereocenters. The Balaban J connectivity index is 2.45. The lowest BCUT2D eigenvalue weighted by molar-refractivity contribution is -0.142. The van der Waals surface area contributed by atoms with Gasteiger partial charge in [0, 0.05) is 17.1 Å². The van der Waals surface area contributed by atoms with E-state index in [1.54, 1.807) is 11.8 Å². The van der Waals surface area contributed by atoms with Crippen LogP contribution in [0, 0.1) is 19.8 Å². The molecule has 0 bridgehead atoms. The van der Waals surface area contributed by atoms with Crippen molar-refractivity contribution >= 4 is 23.6 Å². The maximum atomic E-state index is 11.9. The minimum atomic E-state index is -0.968. The monoisotopic (exact) mass is 323 g/mol. The second-order valence-corrected chi connectivity index (χ2v) is 7.09. The van der Waals surface area contributed by atoms with Gasteiger partial charge in [-0.2, -0.15) is 0 Å². The Kier molecular flexibility index (Phi) is 7.45. The van der Waals surface area contributed by atoms with Gasteiger partial charge in [0.25, 0.3) is 0 Å². The predicted molar refractivity (Wildman–Crippen MR) is 90.3 cm³/mol. The third-order valence-corrected chi connectivity index (χ3v) is 4.43. The highest BCUT2D eigenvalue weighted by Crippen LogP contribution is 2.24. The van der Waals surface area contributed by atoms with Crippen molar-refractivity contribution in [1.29, 1.82) is 0 Å². The number of nitrogens with one attached hydrogen (secondary N) is 1. The van der Waals surface area contributed by atoms with Crippen LogP contribution in [0.15, 0.2) is 23.1 Å². The van der Waals surface area contributed by atoms with Gasteiger partial charge in [-0.15, -0.1) is 11.8 Å². The third-order valence-electron chi connectivity index (χ3n) is 3.27. The van der Waals surface area contributed by atoms with Gasteiger partial charge in [0.2, 0.25) is 5.91 Å². The van der Waals surface area contributed by atoms with Crippen molar-refractivity contribution in [3.8, 4) is 0 Å². The minimum Gasteiger partial charge on any atom is -0.480 e. The van der Waals surface area contributed by atoms with Crippen molar-refractivity contribution < 1.29 is 14.7 Å². The molecule has 0 aliphatic carbocycles. The molecule has 0 saturated heterocycles. The Bertz CT molecular complexity index is 529. The number of benzene rings is 1. The minimum absolute atomic E-state index is 0.203. The van der Waals surface area contributed by atoms with Gasteiger partial charge in [-0.3, -0.25) is 4.79 Å². The van der Waals surface area contributed by atoms with Gasteiger partial charge in [0.05, 0.1) is 0 Å². The van der Waals surface area contributed by atoms with Crippen LogP contribution >= 0.6 is 11.8 Å². The van der Waals surface area contributed by atoms with Gasteiger partial charge < -0.3 is 10.4 Å². The van der Waals surface area contributed by atoms with Crippen molar-refractivity contribution in [3.63, 3.8) is 0 Å². The summed E-state index contributed by atoms with van der Waals surface area (Å²) < 4.78 is 0. The first kappa shape index (κ1) is 18.6. The van der Waals surface area contributed by atoms with Crippen molar-refractivity contribution in [2.24, 2.45) is 5.92 Å². The summed E-state index contributed by atoms with van der Waals surface area (Å²) in [6, 6.07) is 5.45. The fraction of sp³-hybridized carbons (Fsp3) is 0.529. The highest BCUT2D eigenvalue weighted by molar-refractivity contribution is 7.99. The van der Waals surface area contributed by atoms with E-state index in [4.69, 9.17) is 5.11 Å². The molecule has 0 fully saturated rings. The summed E-state index contributed by atoms with van der Waals surface area (Å²) in [4.78, 5) is 24.2. The Morgan fingerprint density at radius 1 is 1.27 bits per heavy atom. The second-order valence-electron chi connectivity index (χ2n) is 5.96. The van der Waals surface area contributed by atoms with Gasteiger partial charge in [-0.1, -0.05) is 31.5 Å². The van der Waals surface area contributed by atoms with Crippen LogP contribution in [0.25, 0.3) is 0 Å². The first-order chi connectivity index (χ1) is 10.3. The first-order valence-electron chi connectivity index (χ1n) is 7.51. The van der Waals surface area contributed by atoms with Gasteiger partial charge in [-0.25, -0.2) is 4.79 Å². The number of carbonyl (C=O) groups is 2. The predicted octanol–water partition coefficient (Wildman–Crippen LogP) is 3.40. The lowest BCUT2D eigenvalue weighted by Gasteiger charge is -2.16. The first-order valence-corrected chi connectivity index (χ1v) is 8.50. The Morgan fingerprint density at radius 3 is 2.55 bits per heavy atom. The number of carboxylic acid groups (broad SMARTS) is 1. The molecule has 0 saturated carbocycles. The highest BCUT2D eigenvalue weighted by atomic mass is 32.2. The Hall–Kier alpha value is -1.49. The molecule has 1 rings (SSSR count). The zero-order valence-electron chi connectivity index (χ0n) is 13.7. The zero-order chi connectivity index (χ0) is 16.7. The number of rotatable bonds is 8. The molecule has 0 spiro atoms. The van der Waals surface area contributed by atoms with E-state index in [-0.39, 0.29) is 11.8 Å². The van der Waals surface area contributed by atoms with E-state index in [9.17, 15) is 9.59 Å². The van der Waals surface area contributed by atoms with Gasteiger partial charge in [-0.05, 0) is 37.8 Å². The SMILES string of the molecule is Cc1ccc(C)c(SCCC(=O)NC(CC(C)C)C(=O)O)c1. The van der Waals surface area contributed by atoms with Gasteiger partial charge >= 0.3 is 5.97 Å². The topological polar surface area (TPSA) is 66.4 Å². The molecule has 122 valence electrons. The summed E-state index contributed by atoms with van der Waals surface area (Å²) in [6.07, 6.45) is 0.769. The van der Waals surface area contributed by atoms with Crippen LogP contribution in [0.4, 0.5) is 0 Å². The number of hydrogen-bond donors (Lipinski definition) is 2. The Labute approximate surface area is 136 Å². The van der Waals surface area contributed by atoms with Crippen LogP contribution in [0.1, 0.15) is 37.8 Å². The average Bonchev–Trinajstić information content (AvgIpc) is 2.41. The smallest absolute Gasteiger partial charge is 0.326 e. The highest BCUT2D eigenvalue weighted by Gasteiger charge is 2.20. The molecular weight excluding hydrogens is 298 g/mol. The summed E-state index contributed by atoms with van der Waals surface area (Å²) in [7, 11) is 0. The summed E-state index contributed by atoms with van der Waals surface area (Å²) in [6.45, 7) is 7.97. The number of carbonyl (C=O) groups excluding carboxylic acids is 1. The summed E-state index contributed by atoms with van der Waals surface area (Å²) in [5.41, 5.74) is 2.39. The summed E-state index contributed by atoms with van der Waals surface area (Å²) in [5.74, 6) is -0.301. The maximum absolute atomic E-state index is 11.9.